The number of hydrogen-bond donors (Lipinski definition) is 1. The molecule has 0 unspecified atom stereocenters. The third-order valence-electron chi connectivity index (χ3n) is 2.05. The summed E-state index contributed by atoms with van der Waals surface area (Å²) >= 11 is 0. The van der Waals surface area contributed by atoms with E-state index >= 15 is 0 Å². The van der Waals surface area contributed by atoms with Crippen molar-refractivity contribution in [3.8, 4) is 0 Å². The van der Waals surface area contributed by atoms with Crippen LogP contribution in [0.3, 0.4) is 0 Å². The highest BCUT2D eigenvalue weighted by Crippen LogP contribution is 2.04. The Morgan fingerprint density at radius 3 is 3.00 bits per heavy atom. The van der Waals surface area contributed by atoms with Crippen molar-refractivity contribution in [1.29, 1.82) is 0 Å². The van der Waals surface area contributed by atoms with Crippen molar-refractivity contribution in [1.82, 2.24) is 20.1 Å². The second-order valence-electron chi connectivity index (χ2n) is 3.59. The smallest absolute Gasteiger partial charge is 0.141 e. The molecule has 0 atom stereocenters. The monoisotopic (exact) mass is 212 g/mol. The van der Waals surface area contributed by atoms with E-state index in [0.717, 1.165) is 32.1 Å². The summed E-state index contributed by atoms with van der Waals surface area (Å²) in [7, 11) is 0. The van der Waals surface area contributed by atoms with Gasteiger partial charge in [0.2, 0.25) is 0 Å². The first kappa shape index (κ1) is 12.1. The number of nitrogens with zero attached hydrogens (tertiary/aromatic N) is 3. The highest BCUT2D eigenvalue weighted by Gasteiger charge is 2.05. The zero-order valence-corrected chi connectivity index (χ0v) is 9.73. The van der Waals surface area contributed by atoms with Crippen LogP contribution in [0.15, 0.2) is 6.33 Å². The molecule has 86 valence electrons. The molecule has 1 aromatic rings. The van der Waals surface area contributed by atoms with Crippen LogP contribution in [0.2, 0.25) is 0 Å². The lowest BCUT2D eigenvalue weighted by atomic mass is 10.4. The van der Waals surface area contributed by atoms with Crippen LogP contribution < -0.4 is 5.32 Å². The first-order valence-electron chi connectivity index (χ1n) is 5.42. The number of rotatable bonds is 7. The standard InChI is InChI=1S/C10H20N4O/c1-4-15-6-5-11-7-10-12-8-13-14(10)9(2)3/h8-9,11H,4-7H2,1-3H3. The van der Waals surface area contributed by atoms with Crippen LogP contribution in [-0.2, 0) is 11.3 Å². The third kappa shape index (κ3) is 3.97. The van der Waals surface area contributed by atoms with E-state index < -0.39 is 0 Å². The summed E-state index contributed by atoms with van der Waals surface area (Å²) in [4.78, 5) is 4.20. The zero-order chi connectivity index (χ0) is 11.1. The Bertz CT molecular complexity index is 272. The maximum atomic E-state index is 5.23. The Morgan fingerprint density at radius 2 is 2.33 bits per heavy atom. The van der Waals surface area contributed by atoms with Crippen molar-refractivity contribution < 1.29 is 4.74 Å². The van der Waals surface area contributed by atoms with E-state index in [4.69, 9.17) is 4.74 Å². The molecule has 0 saturated heterocycles. The van der Waals surface area contributed by atoms with E-state index in [2.05, 4.69) is 29.2 Å². The molecule has 1 aromatic heterocycles. The molecule has 0 aromatic carbocycles. The molecule has 5 nitrogen and oxygen atoms in total. The summed E-state index contributed by atoms with van der Waals surface area (Å²) in [6, 6.07) is 0.358. The predicted octanol–water partition coefficient (Wildman–Crippen LogP) is 0.985. The van der Waals surface area contributed by atoms with E-state index in [9.17, 15) is 0 Å². The Hall–Kier alpha value is -0.940. The summed E-state index contributed by atoms with van der Waals surface area (Å²) in [6.45, 7) is 9.28. The van der Waals surface area contributed by atoms with E-state index in [0.29, 0.717) is 6.04 Å². The molecule has 0 saturated carbocycles. The maximum absolute atomic E-state index is 5.23. The fourth-order valence-corrected chi connectivity index (χ4v) is 1.32. The molecular weight excluding hydrogens is 192 g/mol. The second kappa shape index (κ2) is 6.53. The van der Waals surface area contributed by atoms with Gasteiger partial charge in [0.25, 0.3) is 0 Å². The first-order chi connectivity index (χ1) is 7.25. The predicted molar refractivity (Wildman–Crippen MR) is 58.6 cm³/mol. The van der Waals surface area contributed by atoms with Crippen molar-refractivity contribution >= 4 is 0 Å². The Morgan fingerprint density at radius 1 is 1.53 bits per heavy atom. The van der Waals surface area contributed by atoms with Gasteiger partial charge >= 0.3 is 0 Å². The van der Waals surface area contributed by atoms with E-state index in [-0.39, 0.29) is 0 Å². The molecule has 1 rings (SSSR count). The van der Waals surface area contributed by atoms with Crippen molar-refractivity contribution in [2.45, 2.75) is 33.4 Å². The zero-order valence-electron chi connectivity index (χ0n) is 9.73. The lowest BCUT2D eigenvalue weighted by molar-refractivity contribution is 0.149. The minimum Gasteiger partial charge on any atom is -0.380 e. The van der Waals surface area contributed by atoms with Crippen LogP contribution >= 0.6 is 0 Å². The van der Waals surface area contributed by atoms with Gasteiger partial charge in [-0.3, -0.25) is 0 Å². The number of hydrogen-bond acceptors (Lipinski definition) is 4. The van der Waals surface area contributed by atoms with E-state index in [1.165, 1.54) is 0 Å². The van der Waals surface area contributed by atoms with Crippen LogP contribution in [0.1, 0.15) is 32.6 Å². The molecule has 1 heterocycles. The summed E-state index contributed by atoms with van der Waals surface area (Å²) in [5, 5.41) is 7.43. The normalized spacial score (nSPS) is 11.2. The Balaban J connectivity index is 2.28. The van der Waals surface area contributed by atoms with Crippen LogP contribution in [-0.4, -0.2) is 34.5 Å². The van der Waals surface area contributed by atoms with Gasteiger partial charge in [0.15, 0.2) is 0 Å². The molecular formula is C10H20N4O. The summed E-state index contributed by atoms with van der Waals surface area (Å²) in [5.74, 6) is 0.974. The van der Waals surface area contributed by atoms with Gasteiger partial charge in [0.1, 0.15) is 12.2 Å². The molecule has 0 spiro atoms. The molecule has 0 aliphatic rings. The summed E-state index contributed by atoms with van der Waals surface area (Å²) in [5.41, 5.74) is 0. The average molecular weight is 212 g/mol. The highest BCUT2D eigenvalue weighted by molar-refractivity contribution is 4.85. The minimum absolute atomic E-state index is 0.358. The summed E-state index contributed by atoms with van der Waals surface area (Å²) in [6.07, 6.45) is 1.60. The number of nitrogens with one attached hydrogen (secondary N) is 1. The number of ether oxygens (including phenoxy) is 1. The Kier molecular flexibility index (Phi) is 5.28. The molecule has 5 heteroatoms. The highest BCUT2D eigenvalue weighted by atomic mass is 16.5. The lowest BCUT2D eigenvalue weighted by Gasteiger charge is -2.09. The molecule has 0 bridgehead atoms. The molecule has 1 N–H and O–H groups in total. The topological polar surface area (TPSA) is 52.0 Å². The van der Waals surface area contributed by atoms with Crippen LogP contribution in [0.4, 0.5) is 0 Å². The van der Waals surface area contributed by atoms with Crippen molar-refractivity contribution in [3.63, 3.8) is 0 Å². The van der Waals surface area contributed by atoms with Crippen LogP contribution in [0.5, 0.6) is 0 Å². The van der Waals surface area contributed by atoms with Gasteiger partial charge < -0.3 is 10.1 Å². The van der Waals surface area contributed by atoms with E-state index in [1.54, 1.807) is 6.33 Å². The van der Waals surface area contributed by atoms with Gasteiger partial charge in [-0.1, -0.05) is 0 Å². The van der Waals surface area contributed by atoms with Crippen LogP contribution in [0.25, 0.3) is 0 Å². The molecule has 15 heavy (non-hydrogen) atoms. The third-order valence-corrected chi connectivity index (χ3v) is 2.05. The van der Waals surface area contributed by atoms with E-state index in [1.807, 2.05) is 11.6 Å². The first-order valence-corrected chi connectivity index (χ1v) is 5.42. The molecule has 0 aliphatic carbocycles. The van der Waals surface area contributed by atoms with Gasteiger partial charge in [-0.15, -0.1) is 0 Å². The molecule has 0 fully saturated rings. The van der Waals surface area contributed by atoms with Crippen molar-refractivity contribution in [2.75, 3.05) is 19.8 Å². The lowest BCUT2D eigenvalue weighted by Crippen LogP contribution is -2.22. The van der Waals surface area contributed by atoms with Gasteiger partial charge in [-0.05, 0) is 20.8 Å². The van der Waals surface area contributed by atoms with Gasteiger partial charge in [0, 0.05) is 19.2 Å². The van der Waals surface area contributed by atoms with Gasteiger partial charge in [-0.25, -0.2) is 9.67 Å². The second-order valence-corrected chi connectivity index (χ2v) is 3.59. The fraction of sp³-hybridized carbons (Fsp3) is 0.800. The minimum atomic E-state index is 0.358. The Labute approximate surface area is 90.8 Å². The van der Waals surface area contributed by atoms with Gasteiger partial charge in [0.05, 0.1) is 13.2 Å². The molecule has 0 aliphatic heterocycles. The largest absolute Gasteiger partial charge is 0.380 e. The quantitative estimate of drug-likeness (QED) is 0.685. The number of aromatic nitrogens is 3. The molecule has 0 radical (unpaired) electrons. The average Bonchev–Trinajstić information content (AvgIpc) is 2.66. The fourth-order valence-electron chi connectivity index (χ4n) is 1.32. The molecule has 0 amide bonds. The van der Waals surface area contributed by atoms with Crippen LogP contribution in [0, 0.1) is 0 Å². The SMILES string of the molecule is CCOCCNCc1ncnn1C(C)C. The van der Waals surface area contributed by atoms with Crippen molar-refractivity contribution in [2.24, 2.45) is 0 Å². The van der Waals surface area contributed by atoms with Gasteiger partial charge in [-0.2, -0.15) is 5.10 Å². The summed E-state index contributed by atoms with van der Waals surface area (Å²) < 4.78 is 7.15. The van der Waals surface area contributed by atoms with Crippen molar-refractivity contribution in [3.05, 3.63) is 12.2 Å². The maximum Gasteiger partial charge on any atom is 0.141 e.